The van der Waals surface area contributed by atoms with E-state index in [0.717, 1.165) is 29.5 Å². The molecule has 5 nitrogen and oxygen atoms in total. The molecule has 1 aromatic heterocycles. The SMILES string of the molecule is Cc1csc(=O)n1CCC(=O)N1CCN(c2ccccc2Cl)CC1. The van der Waals surface area contributed by atoms with Crippen LogP contribution in [0.2, 0.25) is 5.02 Å². The van der Waals surface area contributed by atoms with Crippen LogP contribution in [0, 0.1) is 6.92 Å². The molecule has 0 aliphatic carbocycles. The van der Waals surface area contributed by atoms with E-state index in [4.69, 9.17) is 11.6 Å². The van der Waals surface area contributed by atoms with Gasteiger partial charge in [-0.1, -0.05) is 35.1 Å². The van der Waals surface area contributed by atoms with E-state index in [1.54, 1.807) is 4.57 Å². The van der Waals surface area contributed by atoms with E-state index in [9.17, 15) is 9.59 Å². The summed E-state index contributed by atoms with van der Waals surface area (Å²) in [4.78, 5) is 28.2. The van der Waals surface area contributed by atoms with E-state index in [-0.39, 0.29) is 10.8 Å². The van der Waals surface area contributed by atoms with E-state index in [1.807, 2.05) is 41.5 Å². The van der Waals surface area contributed by atoms with Crippen molar-refractivity contribution in [3.63, 3.8) is 0 Å². The number of rotatable bonds is 4. The lowest BCUT2D eigenvalue weighted by Gasteiger charge is -2.36. The standard InChI is InChI=1S/C17H20ClN3O2S/c1-13-12-24-17(23)21(13)7-6-16(22)20-10-8-19(9-11-20)15-5-3-2-4-14(15)18/h2-5,12H,6-11H2,1H3. The number of para-hydroxylation sites is 1. The predicted molar refractivity (Wildman–Crippen MR) is 98.2 cm³/mol. The fourth-order valence-electron chi connectivity index (χ4n) is 2.95. The smallest absolute Gasteiger partial charge is 0.307 e. The molecule has 1 saturated heterocycles. The third-order valence-corrected chi connectivity index (χ3v) is 5.55. The zero-order chi connectivity index (χ0) is 17.1. The summed E-state index contributed by atoms with van der Waals surface area (Å²) in [6.07, 6.45) is 0.365. The Balaban J connectivity index is 1.54. The van der Waals surface area contributed by atoms with Gasteiger partial charge in [0.15, 0.2) is 0 Å². The summed E-state index contributed by atoms with van der Waals surface area (Å²) in [5.41, 5.74) is 1.94. The van der Waals surface area contributed by atoms with Gasteiger partial charge in [0.05, 0.1) is 10.7 Å². The highest BCUT2D eigenvalue weighted by Gasteiger charge is 2.22. The van der Waals surface area contributed by atoms with Gasteiger partial charge in [-0.05, 0) is 19.1 Å². The minimum Gasteiger partial charge on any atom is -0.367 e. The quantitative estimate of drug-likeness (QED) is 0.836. The number of nitrogens with zero attached hydrogens (tertiary/aromatic N) is 3. The van der Waals surface area contributed by atoms with Crippen LogP contribution in [0.1, 0.15) is 12.1 Å². The highest BCUT2D eigenvalue weighted by atomic mass is 35.5. The number of piperazine rings is 1. The van der Waals surface area contributed by atoms with Crippen molar-refractivity contribution in [3.8, 4) is 0 Å². The van der Waals surface area contributed by atoms with E-state index in [1.165, 1.54) is 11.3 Å². The Morgan fingerprint density at radius 1 is 1.21 bits per heavy atom. The molecule has 0 bridgehead atoms. The molecular weight excluding hydrogens is 346 g/mol. The van der Waals surface area contributed by atoms with Gasteiger partial charge in [0.1, 0.15) is 0 Å². The maximum Gasteiger partial charge on any atom is 0.307 e. The average molecular weight is 366 g/mol. The third kappa shape index (κ3) is 3.65. The average Bonchev–Trinajstić information content (AvgIpc) is 2.91. The first-order valence-electron chi connectivity index (χ1n) is 7.98. The molecule has 3 rings (SSSR count). The summed E-state index contributed by atoms with van der Waals surface area (Å²) in [5, 5.41) is 2.57. The van der Waals surface area contributed by atoms with Crippen LogP contribution in [0.15, 0.2) is 34.4 Å². The van der Waals surface area contributed by atoms with Crippen LogP contribution >= 0.6 is 22.9 Å². The monoisotopic (exact) mass is 365 g/mol. The highest BCUT2D eigenvalue weighted by Crippen LogP contribution is 2.26. The predicted octanol–water partition coefficient (Wildman–Crippen LogP) is 2.61. The molecule has 0 N–H and O–H groups in total. The van der Waals surface area contributed by atoms with Crippen LogP contribution in [-0.2, 0) is 11.3 Å². The largest absolute Gasteiger partial charge is 0.367 e. The first-order valence-corrected chi connectivity index (χ1v) is 9.24. The minimum atomic E-state index is 0.00355. The van der Waals surface area contributed by atoms with Gasteiger partial charge >= 0.3 is 4.87 Å². The molecule has 1 fully saturated rings. The lowest BCUT2D eigenvalue weighted by Crippen LogP contribution is -2.49. The van der Waals surface area contributed by atoms with Crippen molar-refractivity contribution in [1.82, 2.24) is 9.47 Å². The molecule has 24 heavy (non-hydrogen) atoms. The van der Waals surface area contributed by atoms with Crippen molar-refractivity contribution < 1.29 is 4.79 Å². The number of hydrogen-bond acceptors (Lipinski definition) is 4. The van der Waals surface area contributed by atoms with Gasteiger partial charge in [-0.2, -0.15) is 0 Å². The number of carbonyl (C=O) groups excluding carboxylic acids is 1. The van der Waals surface area contributed by atoms with Crippen LogP contribution in [0.25, 0.3) is 0 Å². The summed E-state index contributed by atoms with van der Waals surface area (Å²) < 4.78 is 1.67. The van der Waals surface area contributed by atoms with Gasteiger partial charge < -0.3 is 14.4 Å². The topological polar surface area (TPSA) is 45.6 Å². The summed E-state index contributed by atoms with van der Waals surface area (Å²) in [7, 11) is 0. The molecule has 2 heterocycles. The van der Waals surface area contributed by atoms with Gasteiger partial charge in [0.25, 0.3) is 0 Å². The Morgan fingerprint density at radius 3 is 2.54 bits per heavy atom. The van der Waals surface area contributed by atoms with Gasteiger partial charge in [0.2, 0.25) is 5.91 Å². The van der Waals surface area contributed by atoms with Crippen molar-refractivity contribution in [2.24, 2.45) is 0 Å². The number of amides is 1. The first-order chi connectivity index (χ1) is 11.6. The molecule has 2 aromatic rings. The van der Waals surface area contributed by atoms with Crippen LogP contribution < -0.4 is 9.77 Å². The molecule has 0 saturated carbocycles. The Bertz CT molecular complexity index is 778. The highest BCUT2D eigenvalue weighted by molar-refractivity contribution is 7.07. The number of aryl methyl sites for hydroxylation is 1. The molecule has 1 amide bonds. The number of hydrogen-bond donors (Lipinski definition) is 0. The third-order valence-electron chi connectivity index (χ3n) is 4.35. The number of halogens is 1. The summed E-state index contributed by atoms with van der Waals surface area (Å²) in [6.45, 7) is 5.26. The van der Waals surface area contributed by atoms with E-state index in [2.05, 4.69) is 4.90 Å². The molecule has 0 spiro atoms. The van der Waals surface area contributed by atoms with Crippen molar-refractivity contribution in [1.29, 1.82) is 0 Å². The Labute approximate surface area is 150 Å². The van der Waals surface area contributed by atoms with Gasteiger partial charge in [0, 0.05) is 50.2 Å². The molecule has 7 heteroatoms. The second kappa shape index (κ2) is 7.40. The van der Waals surface area contributed by atoms with E-state index in [0.29, 0.717) is 26.1 Å². The zero-order valence-electron chi connectivity index (χ0n) is 13.6. The lowest BCUT2D eigenvalue weighted by molar-refractivity contribution is -0.131. The fourth-order valence-corrected chi connectivity index (χ4v) is 3.96. The number of carbonyl (C=O) groups is 1. The minimum absolute atomic E-state index is 0.00355. The van der Waals surface area contributed by atoms with Crippen molar-refractivity contribution in [3.05, 3.63) is 50.0 Å². The summed E-state index contributed by atoms with van der Waals surface area (Å²) >= 11 is 7.42. The number of aromatic nitrogens is 1. The summed E-state index contributed by atoms with van der Waals surface area (Å²) in [6, 6.07) is 7.78. The number of thiazole rings is 1. The molecule has 128 valence electrons. The van der Waals surface area contributed by atoms with Crippen molar-refractivity contribution in [2.75, 3.05) is 31.1 Å². The van der Waals surface area contributed by atoms with Gasteiger partial charge in [-0.15, -0.1) is 0 Å². The molecular formula is C17H20ClN3O2S. The van der Waals surface area contributed by atoms with Crippen LogP contribution in [0.4, 0.5) is 5.69 Å². The molecule has 1 aliphatic heterocycles. The van der Waals surface area contributed by atoms with Crippen molar-refractivity contribution >= 4 is 34.5 Å². The second-order valence-electron chi connectivity index (χ2n) is 5.86. The molecule has 1 aliphatic rings. The van der Waals surface area contributed by atoms with Crippen LogP contribution in [0.5, 0.6) is 0 Å². The summed E-state index contributed by atoms with van der Waals surface area (Å²) in [5.74, 6) is 0.103. The van der Waals surface area contributed by atoms with Crippen molar-refractivity contribution in [2.45, 2.75) is 19.9 Å². The molecule has 0 unspecified atom stereocenters. The zero-order valence-corrected chi connectivity index (χ0v) is 15.1. The first kappa shape index (κ1) is 17.0. The van der Waals surface area contributed by atoms with E-state index < -0.39 is 0 Å². The van der Waals surface area contributed by atoms with Crippen LogP contribution in [-0.4, -0.2) is 41.6 Å². The normalized spacial score (nSPS) is 14.9. The number of anilines is 1. The molecule has 0 radical (unpaired) electrons. The van der Waals surface area contributed by atoms with Gasteiger partial charge in [-0.3, -0.25) is 9.59 Å². The maximum absolute atomic E-state index is 12.4. The van der Waals surface area contributed by atoms with E-state index >= 15 is 0 Å². The van der Waals surface area contributed by atoms with Gasteiger partial charge in [-0.25, -0.2) is 0 Å². The fraction of sp³-hybridized carbons (Fsp3) is 0.412. The Morgan fingerprint density at radius 2 is 1.92 bits per heavy atom. The second-order valence-corrected chi connectivity index (χ2v) is 7.09. The lowest BCUT2D eigenvalue weighted by atomic mass is 10.2. The van der Waals surface area contributed by atoms with Crippen LogP contribution in [0.3, 0.4) is 0 Å². The molecule has 0 atom stereocenters. The molecule has 1 aromatic carbocycles. The Hall–Kier alpha value is -1.79. The Kier molecular flexibility index (Phi) is 5.26. The number of benzene rings is 1. The maximum atomic E-state index is 12.4.